The van der Waals surface area contributed by atoms with Crippen molar-refractivity contribution in [1.29, 1.82) is 0 Å². The molecule has 0 aliphatic heterocycles. The van der Waals surface area contributed by atoms with Crippen molar-refractivity contribution < 1.29 is 0 Å². The van der Waals surface area contributed by atoms with E-state index in [1.165, 1.54) is 0 Å². The highest BCUT2D eigenvalue weighted by Gasteiger charge is 2.26. The molecule has 26 heavy (non-hydrogen) atoms. The van der Waals surface area contributed by atoms with Gasteiger partial charge in [-0.1, -0.05) is 27.7 Å². The minimum Gasteiger partial charge on any atom is -0.315 e. The molecule has 0 aliphatic rings. The van der Waals surface area contributed by atoms with Gasteiger partial charge in [0.15, 0.2) is 0 Å². The topological polar surface area (TPSA) is 48.1 Å². The predicted molar refractivity (Wildman–Crippen MR) is 125 cm³/mol. The Morgan fingerprint density at radius 1 is 0.615 bits per heavy atom. The average Bonchev–Trinajstić information content (AvgIpc) is 2.44. The van der Waals surface area contributed by atoms with Crippen molar-refractivity contribution in [3.8, 4) is 0 Å². The Kier molecular flexibility index (Phi) is 13.2. The zero-order valence-corrected chi connectivity index (χ0v) is 20.2. The van der Waals surface area contributed by atoms with E-state index in [1.54, 1.807) is 0 Å². The van der Waals surface area contributed by atoms with Gasteiger partial charge < -0.3 is 21.3 Å². The van der Waals surface area contributed by atoms with Crippen molar-refractivity contribution in [2.45, 2.75) is 77.0 Å². The van der Waals surface area contributed by atoms with Crippen molar-refractivity contribution >= 4 is 25.3 Å². The highest BCUT2D eigenvalue weighted by atomic mass is 32.1. The van der Waals surface area contributed by atoms with E-state index in [2.05, 4.69) is 76.7 Å². The van der Waals surface area contributed by atoms with Crippen molar-refractivity contribution in [3.63, 3.8) is 0 Å². The lowest BCUT2D eigenvalue weighted by molar-refractivity contribution is 0.369. The first-order valence-corrected chi connectivity index (χ1v) is 11.1. The lowest BCUT2D eigenvalue weighted by Crippen LogP contribution is -2.54. The molecule has 6 heteroatoms. The third-order valence-corrected chi connectivity index (χ3v) is 5.04. The minimum absolute atomic E-state index is 0.0645. The van der Waals surface area contributed by atoms with Gasteiger partial charge >= 0.3 is 0 Å². The Morgan fingerprint density at radius 2 is 0.923 bits per heavy atom. The van der Waals surface area contributed by atoms with Crippen molar-refractivity contribution in [2.75, 3.05) is 39.3 Å². The molecule has 0 aliphatic carbocycles. The standard InChI is InChI=1S/C20H46N4S2/c1-15(2)11-21-13-17(19(5,6)25)23-9-10-24-18(20(7,8)26)14-22-12-16(3)4/h15-18,21-26H,9-14H2,1-8H3. The molecule has 4 nitrogen and oxygen atoms in total. The molecule has 0 fully saturated rings. The van der Waals surface area contributed by atoms with Crippen LogP contribution in [0.2, 0.25) is 0 Å². The summed E-state index contributed by atoms with van der Waals surface area (Å²) in [5.74, 6) is 1.33. The molecule has 2 unspecified atom stereocenters. The Balaban J connectivity index is 4.34. The van der Waals surface area contributed by atoms with E-state index in [1.807, 2.05) is 0 Å². The number of hydrogen-bond acceptors (Lipinski definition) is 6. The van der Waals surface area contributed by atoms with Crippen molar-refractivity contribution in [1.82, 2.24) is 21.3 Å². The lowest BCUT2D eigenvalue weighted by Gasteiger charge is -2.33. The van der Waals surface area contributed by atoms with E-state index in [0.717, 1.165) is 39.3 Å². The zero-order valence-electron chi connectivity index (χ0n) is 18.4. The first-order chi connectivity index (χ1) is 11.8. The maximum absolute atomic E-state index is 4.78. The molecule has 0 saturated heterocycles. The summed E-state index contributed by atoms with van der Waals surface area (Å²) in [5.41, 5.74) is 0. The fraction of sp³-hybridized carbons (Fsp3) is 1.00. The van der Waals surface area contributed by atoms with Crippen LogP contribution in [0.3, 0.4) is 0 Å². The van der Waals surface area contributed by atoms with Crippen LogP contribution >= 0.6 is 25.3 Å². The maximum atomic E-state index is 4.78. The van der Waals surface area contributed by atoms with Crippen LogP contribution in [-0.4, -0.2) is 60.8 Å². The van der Waals surface area contributed by atoms with Crippen LogP contribution in [0.15, 0.2) is 0 Å². The largest absolute Gasteiger partial charge is 0.315 e. The molecular weight excluding hydrogens is 360 g/mol. The third kappa shape index (κ3) is 13.7. The second-order valence-electron chi connectivity index (χ2n) is 9.42. The zero-order chi connectivity index (χ0) is 20.4. The molecule has 0 rings (SSSR count). The molecule has 0 aromatic rings. The van der Waals surface area contributed by atoms with Gasteiger partial charge in [-0.15, -0.1) is 0 Å². The fourth-order valence-corrected chi connectivity index (χ4v) is 3.03. The first-order valence-electron chi connectivity index (χ1n) is 10.2. The summed E-state index contributed by atoms with van der Waals surface area (Å²) in [6.07, 6.45) is 0. The minimum atomic E-state index is -0.0645. The van der Waals surface area contributed by atoms with Crippen LogP contribution in [0.4, 0.5) is 0 Å². The molecule has 0 spiro atoms. The van der Waals surface area contributed by atoms with E-state index >= 15 is 0 Å². The maximum Gasteiger partial charge on any atom is 0.0332 e. The van der Waals surface area contributed by atoms with E-state index < -0.39 is 0 Å². The predicted octanol–water partition coefficient (Wildman–Crippen LogP) is 2.81. The van der Waals surface area contributed by atoms with Gasteiger partial charge in [0.25, 0.3) is 0 Å². The van der Waals surface area contributed by atoms with Crippen LogP contribution in [0.5, 0.6) is 0 Å². The van der Waals surface area contributed by atoms with Crippen LogP contribution < -0.4 is 21.3 Å². The number of thiol groups is 2. The Bertz CT molecular complexity index is 315. The summed E-state index contributed by atoms with van der Waals surface area (Å²) in [5, 5.41) is 14.4. The molecule has 0 aromatic carbocycles. The molecule has 0 saturated carbocycles. The summed E-state index contributed by atoms with van der Waals surface area (Å²) in [7, 11) is 0. The molecule has 0 radical (unpaired) electrons. The van der Waals surface area contributed by atoms with Crippen LogP contribution in [-0.2, 0) is 0 Å². The van der Waals surface area contributed by atoms with E-state index in [4.69, 9.17) is 25.3 Å². The second kappa shape index (κ2) is 12.9. The van der Waals surface area contributed by atoms with Gasteiger partial charge in [-0.25, -0.2) is 0 Å². The van der Waals surface area contributed by atoms with E-state index in [0.29, 0.717) is 23.9 Å². The first kappa shape index (κ1) is 26.5. The van der Waals surface area contributed by atoms with Crippen molar-refractivity contribution in [3.05, 3.63) is 0 Å². The second-order valence-corrected chi connectivity index (χ2v) is 11.7. The van der Waals surface area contributed by atoms with Crippen LogP contribution in [0.25, 0.3) is 0 Å². The molecule has 0 heterocycles. The quantitative estimate of drug-likeness (QED) is 0.187. The summed E-state index contributed by atoms with van der Waals surface area (Å²) < 4.78 is -0.129. The van der Waals surface area contributed by atoms with Gasteiger partial charge in [0, 0.05) is 47.8 Å². The Morgan fingerprint density at radius 3 is 1.15 bits per heavy atom. The van der Waals surface area contributed by atoms with Gasteiger partial charge in [-0.3, -0.25) is 0 Å². The number of hydrogen-bond donors (Lipinski definition) is 6. The number of nitrogens with one attached hydrogen (secondary N) is 4. The molecule has 0 bridgehead atoms. The van der Waals surface area contributed by atoms with Crippen LogP contribution in [0.1, 0.15) is 55.4 Å². The molecule has 2 atom stereocenters. The smallest absolute Gasteiger partial charge is 0.0332 e. The molecule has 158 valence electrons. The molecule has 0 amide bonds. The summed E-state index contributed by atoms with van der Waals surface area (Å²) in [6.45, 7) is 23.4. The molecule has 4 N–H and O–H groups in total. The summed E-state index contributed by atoms with van der Waals surface area (Å²) in [6, 6.07) is 0.654. The number of rotatable bonds is 15. The van der Waals surface area contributed by atoms with Crippen molar-refractivity contribution in [2.24, 2.45) is 11.8 Å². The van der Waals surface area contributed by atoms with E-state index in [-0.39, 0.29) is 9.49 Å². The van der Waals surface area contributed by atoms with Crippen LogP contribution in [0, 0.1) is 11.8 Å². The van der Waals surface area contributed by atoms with Gasteiger partial charge in [0.1, 0.15) is 0 Å². The summed E-state index contributed by atoms with van der Waals surface area (Å²) >= 11 is 9.57. The fourth-order valence-electron chi connectivity index (χ4n) is 2.67. The van der Waals surface area contributed by atoms with Gasteiger partial charge in [-0.05, 0) is 52.6 Å². The highest BCUT2D eigenvalue weighted by Crippen LogP contribution is 2.18. The third-order valence-electron chi connectivity index (χ3n) is 4.41. The average molecular weight is 407 g/mol. The van der Waals surface area contributed by atoms with E-state index in [9.17, 15) is 0 Å². The highest BCUT2D eigenvalue weighted by molar-refractivity contribution is 7.82. The van der Waals surface area contributed by atoms with Gasteiger partial charge in [0.2, 0.25) is 0 Å². The SMILES string of the molecule is CC(C)CNCC(NCCNC(CNCC(C)C)C(C)(C)S)C(C)(C)S. The summed E-state index contributed by atoms with van der Waals surface area (Å²) in [4.78, 5) is 0. The monoisotopic (exact) mass is 406 g/mol. The van der Waals surface area contributed by atoms with Gasteiger partial charge in [0.05, 0.1) is 0 Å². The molecular formula is C20H46N4S2. The van der Waals surface area contributed by atoms with Gasteiger partial charge in [-0.2, -0.15) is 25.3 Å². The normalized spacial score (nSPS) is 15.7. The Labute approximate surface area is 174 Å². The Hall–Kier alpha value is 0.540. The molecule has 0 aromatic heterocycles. The lowest BCUT2D eigenvalue weighted by atomic mass is 10.0.